The Bertz CT molecular complexity index is 638. The zero-order valence-electron chi connectivity index (χ0n) is 11.4. The molecule has 1 unspecified atom stereocenters. The van der Waals surface area contributed by atoms with Crippen LogP contribution in [0.1, 0.15) is 32.6 Å². The Kier molecular flexibility index (Phi) is 3.54. The molecule has 1 aromatic carbocycles. The summed E-state index contributed by atoms with van der Waals surface area (Å²) in [5, 5.41) is 0.916. The van der Waals surface area contributed by atoms with Gasteiger partial charge in [0.1, 0.15) is 4.88 Å². The van der Waals surface area contributed by atoms with Crippen LogP contribution in [0, 0.1) is 6.92 Å². The van der Waals surface area contributed by atoms with E-state index in [-0.39, 0.29) is 5.91 Å². The first kappa shape index (κ1) is 13.3. The highest BCUT2D eigenvalue weighted by atomic mass is 32.1. The second kappa shape index (κ2) is 5.34. The molecule has 0 spiro atoms. The second-order valence-electron chi connectivity index (χ2n) is 4.99. The normalized spacial score (nSPS) is 17.3. The van der Waals surface area contributed by atoms with Crippen LogP contribution >= 0.6 is 11.3 Å². The highest BCUT2D eigenvalue weighted by Gasteiger charge is 2.32. The largest absolute Gasteiger partial charge is 0.330 e. The van der Waals surface area contributed by atoms with Crippen molar-refractivity contribution in [3.8, 4) is 0 Å². The van der Waals surface area contributed by atoms with E-state index in [1.165, 1.54) is 16.9 Å². The number of aromatic nitrogens is 1. The standard InChI is InChI=1S/C15H17N3OS/c1-10-17-8-14(20-10)15(19)18-9-11(6-7-16)12-4-2-3-5-13(12)18/h2-5,8,11H,6-7,9,16H2,1H3. The number of anilines is 1. The number of amides is 1. The van der Waals surface area contributed by atoms with E-state index < -0.39 is 0 Å². The molecule has 0 saturated heterocycles. The number of hydrogen-bond acceptors (Lipinski definition) is 4. The SMILES string of the molecule is Cc1ncc(C(=O)N2CC(CCN)c3ccccc32)s1. The molecule has 1 aliphatic heterocycles. The maximum absolute atomic E-state index is 12.6. The third-order valence-corrected chi connectivity index (χ3v) is 4.56. The number of aryl methyl sites for hydroxylation is 1. The maximum atomic E-state index is 12.6. The van der Waals surface area contributed by atoms with Crippen LogP contribution in [-0.4, -0.2) is 24.0 Å². The van der Waals surface area contributed by atoms with Gasteiger partial charge < -0.3 is 10.6 Å². The monoisotopic (exact) mass is 287 g/mol. The first-order valence-electron chi connectivity index (χ1n) is 6.74. The molecule has 2 aromatic rings. The molecule has 0 fully saturated rings. The summed E-state index contributed by atoms with van der Waals surface area (Å²) in [6.45, 7) is 3.27. The summed E-state index contributed by atoms with van der Waals surface area (Å²) in [7, 11) is 0. The van der Waals surface area contributed by atoms with Gasteiger partial charge in [0.15, 0.2) is 0 Å². The summed E-state index contributed by atoms with van der Waals surface area (Å²) in [5.74, 6) is 0.386. The van der Waals surface area contributed by atoms with E-state index in [1.54, 1.807) is 6.20 Å². The average molecular weight is 287 g/mol. The van der Waals surface area contributed by atoms with Crippen molar-refractivity contribution in [3.05, 3.63) is 45.9 Å². The molecule has 0 radical (unpaired) electrons. The van der Waals surface area contributed by atoms with E-state index >= 15 is 0 Å². The fourth-order valence-electron chi connectivity index (χ4n) is 2.73. The van der Waals surface area contributed by atoms with Gasteiger partial charge in [-0.1, -0.05) is 18.2 Å². The molecule has 1 aromatic heterocycles. The smallest absolute Gasteiger partial charge is 0.270 e. The van der Waals surface area contributed by atoms with Crippen LogP contribution < -0.4 is 10.6 Å². The highest BCUT2D eigenvalue weighted by Crippen LogP contribution is 2.38. The van der Waals surface area contributed by atoms with Crippen LogP contribution in [0.25, 0.3) is 0 Å². The number of hydrogen-bond donors (Lipinski definition) is 1. The number of thiazole rings is 1. The van der Waals surface area contributed by atoms with E-state index in [1.807, 2.05) is 30.0 Å². The predicted molar refractivity (Wildman–Crippen MR) is 81.4 cm³/mol. The third kappa shape index (κ3) is 2.23. The zero-order chi connectivity index (χ0) is 14.1. The highest BCUT2D eigenvalue weighted by molar-refractivity contribution is 7.13. The van der Waals surface area contributed by atoms with Gasteiger partial charge in [0, 0.05) is 18.2 Å². The molecule has 4 nitrogen and oxygen atoms in total. The lowest BCUT2D eigenvalue weighted by Gasteiger charge is -2.16. The van der Waals surface area contributed by atoms with Crippen molar-refractivity contribution in [1.82, 2.24) is 4.98 Å². The summed E-state index contributed by atoms with van der Waals surface area (Å²) in [4.78, 5) is 19.4. The lowest BCUT2D eigenvalue weighted by atomic mass is 9.98. The van der Waals surface area contributed by atoms with Gasteiger partial charge in [-0.3, -0.25) is 4.79 Å². The Labute approximate surface area is 122 Å². The van der Waals surface area contributed by atoms with Gasteiger partial charge in [-0.15, -0.1) is 11.3 Å². The molecule has 104 valence electrons. The number of nitrogens with zero attached hydrogens (tertiary/aromatic N) is 2. The molecule has 3 rings (SSSR count). The number of carbonyl (C=O) groups is 1. The number of para-hydroxylation sites is 1. The Hall–Kier alpha value is -1.72. The molecular formula is C15H17N3OS. The van der Waals surface area contributed by atoms with E-state index in [9.17, 15) is 4.79 Å². The number of carbonyl (C=O) groups excluding carboxylic acids is 1. The van der Waals surface area contributed by atoms with Crippen LogP contribution in [0.4, 0.5) is 5.69 Å². The van der Waals surface area contributed by atoms with E-state index in [0.717, 1.165) is 17.1 Å². The summed E-state index contributed by atoms with van der Waals surface area (Å²) in [5.41, 5.74) is 7.94. The van der Waals surface area contributed by atoms with Crippen molar-refractivity contribution >= 4 is 22.9 Å². The van der Waals surface area contributed by atoms with Gasteiger partial charge in [-0.2, -0.15) is 0 Å². The summed E-state index contributed by atoms with van der Waals surface area (Å²) in [6, 6.07) is 8.10. The molecule has 5 heteroatoms. The zero-order valence-corrected chi connectivity index (χ0v) is 12.2. The molecule has 1 atom stereocenters. The van der Waals surface area contributed by atoms with E-state index in [0.29, 0.717) is 23.9 Å². The van der Waals surface area contributed by atoms with Crippen LogP contribution in [0.15, 0.2) is 30.5 Å². The summed E-state index contributed by atoms with van der Waals surface area (Å²) >= 11 is 1.44. The molecular weight excluding hydrogens is 270 g/mol. The Morgan fingerprint density at radius 3 is 3.00 bits per heavy atom. The number of rotatable bonds is 3. The van der Waals surface area contributed by atoms with Crippen molar-refractivity contribution < 1.29 is 4.79 Å². The number of fused-ring (bicyclic) bond motifs is 1. The molecule has 1 amide bonds. The average Bonchev–Trinajstić information content (AvgIpc) is 3.04. The topological polar surface area (TPSA) is 59.2 Å². The van der Waals surface area contributed by atoms with Crippen LogP contribution in [0.2, 0.25) is 0 Å². The fourth-order valence-corrected chi connectivity index (χ4v) is 3.46. The van der Waals surface area contributed by atoms with Gasteiger partial charge in [0.05, 0.1) is 11.2 Å². The van der Waals surface area contributed by atoms with Crippen LogP contribution in [0.5, 0.6) is 0 Å². The van der Waals surface area contributed by atoms with Gasteiger partial charge >= 0.3 is 0 Å². The van der Waals surface area contributed by atoms with Crippen LogP contribution in [-0.2, 0) is 0 Å². The Morgan fingerprint density at radius 2 is 2.30 bits per heavy atom. The minimum absolute atomic E-state index is 0.0440. The first-order valence-corrected chi connectivity index (χ1v) is 7.55. The lowest BCUT2D eigenvalue weighted by molar-refractivity contribution is 0.0991. The predicted octanol–water partition coefficient (Wildman–Crippen LogP) is 2.54. The molecule has 2 N–H and O–H groups in total. The van der Waals surface area contributed by atoms with Crippen molar-refractivity contribution in [1.29, 1.82) is 0 Å². The Morgan fingerprint density at radius 1 is 1.50 bits per heavy atom. The summed E-state index contributed by atoms with van der Waals surface area (Å²) in [6.07, 6.45) is 2.57. The lowest BCUT2D eigenvalue weighted by Crippen LogP contribution is -2.29. The van der Waals surface area contributed by atoms with Crippen molar-refractivity contribution in [2.24, 2.45) is 5.73 Å². The second-order valence-corrected chi connectivity index (χ2v) is 6.23. The first-order chi connectivity index (χ1) is 9.70. The molecule has 0 saturated carbocycles. The number of benzene rings is 1. The molecule has 2 heterocycles. The van der Waals surface area contributed by atoms with Gasteiger partial charge in [0.25, 0.3) is 5.91 Å². The Balaban J connectivity index is 1.93. The number of nitrogens with two attached hydrogens (primary N) is 1. The van der Waals surface area contributed by atoms with Gasteiger partial charge in [-0.05, 0) is 31.5 Å². The van der Waals surface area contributed by atoms with Crippen molar-refractivity contribution in [2.45, 2.75) is 19.3 Å². The van der Waals surface area contributed by atoms with Crippen molar-refractivity contribution in [2.75, 3.05) is 18.0 Å². The minimum atomic E-state index is 0.0440. The summed E-state index contributed by atoms with van der Waals surface area (Å²) < 4.78 is 0. The van der Waals surface area contributed by atoms with Gasteiger partial charge in [0.2, 0.25) is 0 Å². The van der Waals surface area contributed by atoms with Crippen LogP contribution in [0.3, 0.4) is 0 Å². The quantitative estimate of drug-likeness (QED) is 0.943. The van der Waals surface area contributed by atoms with E-state index in [2.05, 4.69) is 11.1 Å². The fraction of sp³-hybridized carbons (Fsp3) is 0.333. The third-order valence-electron chi connectivity index (χ3n) is 3.66. The van der Waals surface area contributed by atoms with E-state index in [4.69, 9.17) is 5.73 Å². The van der Waals surface area contributed by atoms with Gasteiger partial charge in [-0.25, -0.2) is 4.98 Å². The van der Waals surface area contributed by atoms with Crippen molar-refractivity contribution in [3.63, 3.8) is 0 Å². The maximum Gasteiger partial charge on any atom is 0.270 e. The molecule has 1 aliphatic rings. The molecule has 20 heavy (non-hydrogen) atoms. The molecule has 0 bridgehead atoms. The minimum Gasteiger partial charge on any atom is -0.330 e. The molecule has 0 aliphatic carbocycles.